The Kier molecular flexibility index (Phi) is 5.24. The highest BCUT2D eigenvalue weighted by Gasteiger charge is 2.24. The summed E-state index contributed by atoms with van der Waals surface area (Å²) in [6, 6.07) is 12.9. The molecule has 2 heteroatoms. The van der Waals surface area contributed by atoms with E-state index < -0.39 is 0 Å². The molecule has 2 aromatic carbocycles. The molecule has 20 heavy (non-hydrogen) atoms. The molecule has 0 bridgehead atoms. The Morgan fingerprint density at radius 2 is 1.75 bits per heavy atom. The predicted octanol–water partition coefficient (Wildman–Crippen LogP) is 1.31. The van der Waals surface area contributed by atoms with E-state index in [1.54, 1.807) is 6.08 Å². The fraction of sp³-hybridized carbons (Fsp3) is 0.222. The van der Waals surface area contributed by atoms with Crippen molar-refractivity contribution < 1.29 is 25.9 Å². The van der Waals surface area contributed by atoms with E-state index in [1.807, 2.05) is 6.07 Å². The molecule has 0 aliphatic rings. The van der Waals surface area contributed by atoms with Gasteiger partial charge in [-0.1, -0.05) is 42.5 Å². The molecule has 0 aromatic heterocycles. The molecule has 2 rings (SSSR count). The van der Waals surface area contributed by atoms with Gasteiger partial charge in [-0.2, -0.15) is 0 Å². The normalized spacial score (nSPS) is 10.3. The number of rotatable bonds is 5. The van der Waals surface area contributed by atoms with Crippen LogP contribution >= 0.6 is 0 Å². The van der Waals surface area contributed by atoms with Crippen molar-refractivity contribution in [1.29, 1.82) is 0 Å². The molecular weight excluding hydrogens is 359 g/mol. The van der Waals surface area contributed by atoms with Gasteiger partial charge < -0.3 is 4.74 Å². The van der Waals surface area contributed by atoms with E-state index in [-0.39, 0.29) is 21.2 Å². The quantitative estimate of drug-likeness (QED) is 0.562. The summed E-state index contributed by atoms with van der Waals surface area (Å²) >= 11 is -0.226. The van der Waals surface area contributed by atoms with Crippen LogP contribution in [0.3, 0.4) is 0 Å². The SMILES string of the molecule is C=CCOc1ccccc1[I+]c1c(C)cc(C)cc1C. The molecule has 0 spiro atoms. The molecule has 0 fully saturated rings. The second kappa shape index (κ2) is 6.93. The van der Waals surface area contributed by atoms with Crippen molar-refractivity contribution in [3.05, 3.63) is 72.9 Å². The van der Waals surface area contributed by atoms with E-state index >= 15 is 0 Å². The van der Waals surface area contributed by atoms with Crippen LogP contribution in [-0.2, 0) is 0 Å². The third kappa shape index (κ3) is 3.63. The van der Waals surface area contributed by atoms with Crippen molar-refractivity contribution in [2.24, 2.45) is 0 Å². The number of halogens is 1. The number of benzene rings is 2. The van der Waals surface area contributed by atoms with Gasteiger partial charge in [-0.05, 0) is 32.9 Å². The molecule has 0 radical (unpaired) electrons. The summed E-state index contributed by atoms with van der Waals surface area (Å²) in [7, 11) is 0. The molecule has 1 nitrogen and oxygen atoms in total. The minimum atomic E-state index is -0.226. The van der Waals surface area contributed by atoms with Crippen LogP contribution in [-0.4, -0.2) is 6.61 Å². The van der Waals surface area contributed by atoms with Crippen molar-refractivity contribution in [2.75, 3.05) is 6.61 Å². The number of para-hydroxylation sites is 1. The average molecular weight is 379 g/mol. The summed E-state index contributed by atoms with van der Waals surface area (Å²) in [5.41, 5.74) is 4.13. The first-order valence-corrected chi connectivity index (χ1v) is 8.83. The molecule has 0 N–H and O–H groups in total. The molecule has 0 atom stereocenters. The van der Waals surface area contributed by atoms with Gasteiger partial charge >= 0.3 is 21.2 Å². The minimum absolute atomic E-state index is 0.226. The molecule has 0 unspecified atom stereocenters. The van der Waals surface area contributed by atoms with Crippen LogP contribution in [0.15, 0.2) is 49.1 Å². The lowest BCUT2D eigenvalue weighted by molar-refractivity contribution is -0.599. The molecule has 2 aromatic rings. The summed E-state index contributed by atoms with van der Waals surface area (Å²) in [5.74, 6) is 1.000. The minimum Gasteiger partial charge on any atom is -0.485 e. The molecule has 0 aliphatic carbocycles. The Balaban J connectivity index is 2.33. The van der Waals surface area contributed by atoms with Gasteiger partial charge in [0.1, 0.15) is 6.61 Å². The van der Waals surface area contributed by atoms with Crippen molar-refractivity contribution in [3.8, 4) is 5.75 Å². The molecule has 0 aliphatic heterocycles. The lowest BCUT2D eigenvalue weighted by atomic mass is 10.1. The molecular formula is C18H20IO+. The topological polar surface area (TPSA) is 9.23 Å². The Hall–Kier alpha value is -1.29. The van der Waals surface area contributed by atoms with E-state index in [9.17, 15) is 0 Å². The highest BCUT2D eigenvalue weighted by molar-refractivity contribution is 5.28. The first-order valence-electron chi connectivity index (χ1n) is 6.67. The number of aryl methyl sites for hydroxylation is 3. The first-order chi connectivity index (χ1) is 9.61. The summed E-state index contributed by atoms with van der Waals surface area (Å²) in [6.45, 7) is 10.9. The van der Waals surface area contributed by atoms with Crippen LogP contribution in [0, 0.1) is 27.9 Å². The molecule has 0 saturated heterocycles. The van der Waals surface area contributed by atoms with Crippen LogP contribution in [0.1, 0.15) is 16.7 Å². The standard InChI is InChI=1S/C18H20IO/c1-5-10-20-17-9-7-6-8-16(17)19-18-14(3)11-13(2)12-15(18)4/h5-9,11-12H,1,10H2,2-4H3/q+1. The van der Waals surface area contributed by atoms with Crippen LogP contribution in [0.4, 0.5) is 0 Å². The van der Waals surface area contributed by atoms with Gasteiger partial charge in [-0.15, -0.1) is 0 Å². The van der Waals surface area contributed by atoms with Gasteiger partial charge in [0.15, 0.2) is 9.32 Å². The third-order valence-corrected chi connectivity index (χ3v) is 6.68. The van der Waals surface area contributed by atoms with Crippen LogP contribution in [0.2, 0.25) is 0 Å². The Bertz CT molecular complexity index is 594. The smallest absolute Gasteiger partial charge is 0.362 e. The van der Waals surface area contributed by atoms with Gasteiger partial charge in [-0.25, -0.2) is 0 Å². The Labute approximate surface area is 131 Å². The Morgan fingerprint density at radius 1 is 1.10 bits per heavy atom. The fourth-order valence-electron chi connectivity index (χ4n) is 2.20. The second-order valence-electron chi connectivity index (χ2n) is 4.84. The summed E-state index contributed by atoms with van der Waals surface area (Å²) in [5, 5.41) is 0. The van der Waals surface area contributed by atoms with Crippen LogP contribution in [0.5, 0.6) is 5.75 Å². The third-order valence-electron chi connectivity index (χ3n) is 2.97. The maximum Gasteiger partial charge on any atom is 0.362 e. The highest BCUT2D eigenvalue weighted by Crippen LogP contribution is 2.11. The zero-order valence-electron chi connectivity index (χ0n) is 12.2. The average Bonchev–Trinajstić information content (AvgIpc) is 2.41. The van der Waals surface area contributed by atoms with Gasteiger partial charge in [0.2, 0.25) is 3.57 Å². The van der Waals surface area contributed by atoms with Crippen molar-refractivity contribution in [1.82, 2.24) is 0 Å². The fourth-order valence-corrected chi connectivity index (χ4v) is 4.93. The number of ether oxygens (including phenoxy) is 1. The maximum atomic E-state index is 5.77. The van der Waals surface area contributed by atoms with Gasteiger partial charge in [-0.3, -0.25) is 0 Å². The summed E-state index contributed by atoms with van der Waals surface area (Å²) < 4.78 is 8.61. The number of hydrogen-bond acceptors (Lipinski definition) is 1. The van der Waals surface area contributed by atoms with Gasteiger partial charge in [0.05, 0.1) is 0 Å². The van der Waals surface area contributed by atoms with Crippen LogP contribution < -0.4 is 25.9 Å². The molecule has 0 amide bonds. The zero-order chi connectivity index (χ0) is 14.5. The van der Waals surface area contributed by atoms with Gasteiger partial charge in [0.25, 0.3) is 0 Å². The number of hydrogen-bond donors (Lipinski definition) is 0. The Morgan fingerprint density at radius 3 is 2.40 bits per heavy atom. The van der Waals surface area contributed by atoms with E-state index in [0.717, 1.165) is 5.75 Å². The second-order valence-corrected chi connectivity index (χ2v) is 7.62. The lowest BCUT2D eigenvalue weighted by Gasteiger charge is -2.04. The van der Waals surface area contributed by atoms with Crippen molar-refractivity contribution >= 4 is 0 Å². The van der Waals surface area contributed by atoms with E-state index in [2.05, 4.69) is 57.7 Å². The van der Waals surface area contributed by atoms with Crippen LogP contribution in [0.25, 0.3) is 0 Å². The zero-order valence-corrected chi connectivity index (χ0v) is 14.4. The summed E-state index contributed by atoms with van der Waals surface area (Å²) in [4.78, 5) is 0. The van der Waals surface area contributed by atoms with E-state index in [4.69, 9.17) is 4.74 Å². The summed E-state index contributed by atoms with van der Waals surface area (Å²) in [6.07, 6.45) is 1.79. The first kappa shape index (κ1) is 15.1. The predicted molar refractivity (Wildman–Crippen MR) is 80.2 cm³/mol. The van der Waals surface area contributed by atoms with Gasteiger partial charge in [0, 0.05) is 11.1 Å². The lowest BCUT2D eigenvalue weighted by Crippen LogP contribution is -3.62. The molecule has 0 heterocycles. The van der Waals surface area contributed by atoms with E-state index in [0.29, 0.717) is 6.61 Å². The highest BCUT2D eigenvalue weighted by atomic mass is 127. The van der Waals surface area contributed by atoms with Crippen molar-refractivity contribution in [2.45, 2.75) is 20.8 Å². The molecule has 104 valence electrons. The largest absolute Gasteiger partial charge is 0.485 e. The maximum absolute atomic E-state index is 5.77. The van der Waals surface area contributed by atoms with E-state index in [1.165, 1.54) is 23.8 Å². The molecule has 0 saturated carbocycles. The monoisotopic (exact) mass is 379 g/mol. The van der Waals surface area contributed by atoms with Crippen molar-refractivity contribution in [3.63, 3.8) is 0 Å².